The summed E-state index contributed by atoms with van der Waals surface area (Å²) in [5, 5.41) is 11.7. The van der Waals surface area contributed by atoms with Gasteiger partial charge in [-0.25, -0.2) is 9.37 Å². The Bertz CT molecular complexity index is 535. The van der Waals surface area contributed by atoms with E-state index in [-0.39, 0.29) is 12.4 Å². The molecule has 2 rings (SSSR count). The summed E-state index contributed by atoms with van der Waals surface area (Å²) < 4.78 is 19.2. The summed E-state index contributed by atoms with van der Waals surface area (Å²) in [6, 6.07) is 10.0. The summed E-state index contributed by atoms with van der Waals surface area (Å²) >= 11 is 0. The van der Waals surface area contributed by atoms with Crippen molar-refractivity contribution in [2.45, 2.75) is 6.42 Å². The number of halogens is 1. The van der Waals surface area contributed by atoms with Gasteiger partial charge in [0, 0.05) is 18.8 Å². The molecule has 0 bridgehead atoms. The van der Waals surface area contributed by atoms with E-state index in [2.05, 4.69) is 10.3 Å². The van der Waals surface area contributed by atoms with Crippen LogP contribution in [-0.4, -0.2) is 29.8 Å². The first kappa shape index (κ1) is 14.4. The number of benzene rings is 1. The minimum atomic E-state index is -0.260. The number of aliphatic hydroxyl groups is 1. The van der Waals surface area contributed by atoms with E-state index in [0.717, 1.165) is 0 Å². The van der Waals surface area contributed by atoms with Gasteiger partial charge in [-0.15, -0.1) is 0 Å². The van der Waals surface area contributed by atoms with Gasteiger partial charge in [-0.1, -0.05) is 6.07 Å². The third-order valence-corrected chi connectivity index (χ3v) is 2.74. The molecular formula is C15H17FN2O2. The molecule has 5 heteroatoms. The summed E-state index contributed by atoms with van der Waals surface area (Å²) in [5.74, 6) is 0.773. The van der Waals surface area contributed by atoms with Crippen molar-refractivity contribution in [3.8, 4) is 11.6 Å². The maximum absolute atomic E-state index is 13.7. The first-order valence-corrected chi connectivity index (χ1v) is 6.48. The molecular weight excluding hydrogens is 259 g/mol. The van der Waals surface area contributed by atoms with Gasteiger partial charge in [0.05, 0.1) is 6.61 Å². The summed E-state index contributed by atoms with van der Waals surface area (Å²) in [7, 11) is 0. The monoisotopic (exact) mass is 276 g/mol. The molecule has 106 valence electrons. The Balaban J connectivity index is 2.00. The molecule has 20 heavy (non-hydrogen) atoms. The van der Waals surface area contributed by atoms with Crippen molar-refractivity contribution in [2.75, 3.05) is 19.7 Å². The molecule has 0 saturated carbocycles. The number of hydrogen-bond acceptors (Lipinski definition) is 4. The summed E-state index contributed by atoms with van der Waals surface area (Å²) in [5.41, 5.74) is 0.573. The van der Waals surface area contributed by atoms with Crippen LogP contribution in [0.1, 0.15) is 5.56 Å². The number of nitrogens with one attached hydrogen (secondary N) is 1. The molecule has 0 fully saturated rings. The van der Waals surface area contributed by atoms with Crippen LogP contribution < -0.4 is 10.1 Å². The fourth-order valence-electron chi connectivity index (χ4n) is 1.76. The fraction of sp³-hybridized carbons (Fsp3) is 0.267. The molecule has 1 heterocycles. The van der Waals surface area contributed by atoms with Crippen molar-refractivity contribution in [1.29, 1.82) is 0 Å². The summed E-state index contributed by atoms with van der Waals surface area (Å²) in [6.45, 7) is 1.18. The maximum atomic E-state index is 13.7. The van der Waals surface area contributed by atoms with Gasteiger partial charge < -0.3 is 15.2 Å². The number of hydrogen-bond donors (Lipinski definition) is 2. The average molecular weight is 276 g/mol. The third kappa shape index (κ3) is 4.29. The van der Waals surface area contributed by atoms with Crippen molar-refractivity contribution < 1.29 is 14.2 Å². The first-order valence-electron chi connectivity index (χ1n) is 6.48. The van der Waals surface area contributed by atoms with Gasteiger partial charge in [-0.05, 0) is 42.8 Å². The van der Waals surface area contributed by atoms with Gasteiger partial charge >= 0.3 is 0 Å². The summed E-state index contributed by atoms with van der Waals surface area (Å²) in [4.78, 5) is 4.06. The molecule has 0 unspecified atom stereocenters. The Morgan fingerprint density at radius 2 is 2.10 bits per heavy atom. The second kappa shape index (κ2) is 7.57. The quantitative estimate of drug-likeness (QED) is 0.761. The van der Waals surface area contributed by atoms with Gasteiger partial charge in [0.1, 0.15) is 11.6 Å². The lowest BCUT2D eigenvalue weighted by molar-refractivity contribution is 0.292. The second-order valence-electron chi connectivity index (χ2n) is 4.25. The Hall–Kier alpha value is -1.98. The molecule has 0 aliphatic rings. The van der Waals surface area contributed by atoms with Crippen molar-refractivity contribution in [3.05, 3.63) is 54.0 Å². The van der Waals surface area contributed by atoms with Crippen LogP contribution in [0.4, 0.5) is 4.39 Å². The van der Waals surface area contributed by atoms with Crippen molar-refractivity contribution in [2.24, 2.45) is 0 Å². The van der Waals surface area contributed by atoms with Crippen LogP contribution >= 0.6 is 0 Å². The Kier molecular flexibility index (Phi) is 5.46. The lowest BCUT2D eigenvalue weighted by Gasteiger charge is -2.08. The highest BCUT2D eigenvalue weighted by Gasteiger charge is 2.05. The Labute approximate surface area is 117 Å². The molecule has 0 radical (unpaired) electrons. The highest BCUT2D eigenvalue weighted by Crippen LogP contribution is 2.22. The molecule has 1 aromatic heterocycles. The number of rotatable bonds is 7. The Morgan fingerprint density at radius 3 is 2.85 bits per heavy atom. The van der Waals surface area contributed by atoms with E-state index < -0.39 is 0 Å². The molecule has 2 aromatic rings. The summed E-state index contributed by atoms with van der Waals surface area (Å²) in [6.07, 6.45) is 2.17. The first-order chi connectivity index (χ1) is 9.79. The van der Waals surface area contributed by atoms with E-state index in [1.165, 1.54) is 6.07 Å². The van der Waals surface area contributed by atoms with Crippen LogP contribution in [0.2, 0.25) is 0 Å². The third-order valence-electron chi connectivity index (χ3n) is 2.74. The highest BCUT2D eigenvalue weighted by molar-refractivity contribution is 5.32. The zero-order valence-electron chi connectivity index (χ0n) is 11.1. The molecule has 0 saturated heterocycles. The van der Waals surface area contributed by atoms with Crippen molar-refractivity contribution >= 4 is 0 Å². The van der Waals surface area contributed by atoms with Gasteiger partial charge in [-0.2, -0.15) is 0 Å². The van der Waals surface area contributed by atoms with Crippen LogP contribution in [-0.2, 0) is 6.42 Å². The van der Waals surface area contributed by atoms with E-state index in [4.69, 9.17) is 9.84 Å². The Morgan fingerprint density at radius 1 is 1.20 bits per heavy atom. The average Bonchev–Trinajstić information content (AvgIpc) is 2.48. The van der Waals surface area contributed by atoms with Crippen molar-refractivity contribution in [1.82, 2.24) is 10.3 Å². The lowest BCUT2D eigenvalue weighted by atomic mass is 10.1. The van der Waals surface area contributed by atoms with Crippen LogP contribution in [0.3, 0.4) is 0 Å². The number of nitrogens with zero attached hydrogens (tertiary/aromatic N) is 1. The molecule has 0 aliphatic heterocycles. The van der Waals surface area contributed by atoms with Crippen LogP contribution in [0, 0.1) is 5.82 Å². The zero-order valence-corrected chi connectivity index (χ0v) is 11.1. The highest BCUT2D eigenvalue weighted by atomic mass is 19.1. The fourth-order valence-corrected chi connectivity index (χ4v) is 1.76. The molecule has 4 nitrogen and oxygen atoms in total. The minimum Gasteiger partial charge on any atom is -0.439 e. The van der Waals surface area contributed by atoms with E-state index >= 15 is 0 Å². The molecule has 2 N–H and O–H groups in total. The normalized spacial score (nSPS) is 10.5. The van der Waals surface area contributed by atoms with Crippen LogP contribution in [0.5, 0.6) is 11.6 Å². The smallest absolute Gasteiger partial charge is 0.219 e. The van der Waals surface area contributed by atoms with E-state index in [1.54, 1.807) is 30.5 Å². The van der Waals surface area contributed by atoms with Gasteiger partial charge in [0.25, 0.3) is 0 Å². The van der Waals surface area contributed by atoms with Crippen LogP contribution in [0.15, 0.2) is 42.6 Å². The maximum Gasteiger partial charge on any atom is 0.219 e. The number of ether oxygens (including phenoxy) is 1. The largest absolute Gasteiger partial charge is 0.439 e. The molecule has 0 atom stereocenters. The molecule has 1 aromatic carbocycles. The minimum absolute atomic E-state index is 0.0747. The predicted octanol–water partition coefficient (Wildman–Crippen LogP) is 2.14. The standard InChI is InChI=1S/C15H17FN2O2/c16-14-5-4-13(20-15-3-1-2-7-18-15)11-12(14)6-8-17-9-10-19/h1-5,7,11,17,19H,6,8-10H2. The second-order valence-corrected chi connectivity index (χ2v) is 4.25. The zero-order chi connectivity index (χ0) is 14.2. The molecule has 0 amide bonds. The van der Waals surface area contributed by atoms with E-state index in [0.29, 0.717) is 36.7 Å². The van der Waals surface area contributed by atoms with E-state index in [1.807, 2.05) is 6.07 Å². The number of pyridine rings is 1. The number of aromatic nitrogens is 1. The predicted molar refractivity (Wildman–Crippen MR) is 74.4 cm³/mol. The molecule has 0 spiro atoms. The number of aliphatic hydroxyl groups excluding tert-OH is 1. The van der Waals surface area contributed by atoms with Gasteiger partial charge in [0.2, 0.25) is 5.88 Å². The van der Waals surface area contributed by atoms with Gasteiger partial charge in [0.15, 0.2) is 0 Å². The van der Waals surface area contributed by atoms with Gasteiger partial charge in [-0.3, -0.25) is 0 Å². The SMILES string of the molecule is OCCNCCc1cc(Oc2ccccn2)ccc1F. The van der Waals surface area contributed by atoms with Crippen molar-refractivity contribution in [3.63, 3.8) is 0 Å². The topological polar surface area (TPSA) is 54.4 Å². The molecule has 0 aliphatic carbocycles. The van der Waals surface area contributed by atoms with E-state index in [9.17, 15) is 4.39 Å². The lowest BCUT2D eigenvalue weighted by Crippen LogP contribution is -2.21. The van der Waals surface area contributed by atoms with Crippen LogP contribution in [0.25, 0.3) is 0 Å².